The van der Waals surface area contributed by atoms with E-state index >= 15 is 0 Å². The lowest BCUT2D eigenvalue weighted by Crippen LogP contribution is -2.28. The van der Waals surface area contributed by atoms with E-state index in [9.17, 15) is 9.18 Å². The standard InChI is InChI=1S/C13H12ClFN4OS/c1-18-7-16-17-13(18)21-11-4-5-19(12(11)20)8-2-3-10(15)9(14)6-8/h2-3,6-7,11H,4-5H2,1H3. The summed E-state index contributed by atoms with van der Waals surface area (Å²) in [7, 11) is 1.83. The molecule has 21 heavy (non-hydrogen) atoms. The van der Waals surface area contributed by atoms with E-state index in [4.69, 9.17) is 11.6 Å². The summed E-state index contributed by atoms with van der Waals surface area (Å²) in [6.07, 6.45) is 2.30. The minimum Gasteiger partial charge on any atom is -0.312 e. The van der Waals surface area contributed by atoms with Crippen molar-refractivity contribution in [1.29, 1.82) is 0 Å². The number of hydrogen-bond donors (Lipinski definition) is 0. The first-order valence-electron chi connectivity index (χ1n) is 6.33. The largest absolute Gasteiger partial charge is 0.312 e. The van der Waals surface area contributed by atoms with Gasteiger partial charge < -0.3 is 9.47 Å². The van der Waals surface area contributed by atoms with Crippen molar-refractivity contribution in [3.8, 4) is 0 Å². The van der Waals surface area contributed by atoms with Crippen LogP contribution in [0.3, 0.4) is 0 Å². The molecule has 2 heterocycles. The maximum Gasteiger partial charge on any atom is 0.240 e. The Morgan fingerprint density at radius 3 is 2.95 bits per heavy atom. The molecule has 2 aromatic rings. The van der Waals surface area contributed by atoms with Crippen LogP contribution in [-0.2, 0) is 11.8 Å². The monoisotopic (exact) mass is 326 g/mol. The number of aromatic nitrogens is 3. The molecule has 5 nitrogen and oxygen atoms in total. The lowest BCUT2D eigenvalue weighted by Gasteiger charge is -2.17. The molecule has 1 unspecified atom stereocenters. The molecule has 1 aliphatic rings. The summed E-state index contributed by atoms with van der Waals surface area (Å²) in [4.78, 5) is 14.1. The maximum atomic E-state index is 13.2. The van der Waals surface area contributed by atoms with Gasteiger partial charge in [0.2, 0.25) is 5.91 Å². The van der Waals surface area contributed by atoms with Crippen molar-refractivity contribution >= 4 is 35.0 Å². The van der Waals surface area contributed by atoms with Crippen LogP contribution in [0.25, 0.3) is 0 Å². The van der Waals surface area contributed by atoms with Gasteiger partial charge in [0.05, 0.1) is 10.3 Å². The summed E-state index contributed by atoms with van der Waals surface area (Å²) in [5.74, 6) is -0.511. The van der Waals surface area contributed by atoms with Gasteiger partial charge in [0, 0.05) is 19.3 Å². The molecule has 0 aliphatic carbocycles. The lowest BCUT2D eigenvalue weighted by atomic mass is 10.3. The number of thioether (sulfide) groups is 1. The number of rotatable bonds is 3. The van der Waals surface area contributed by atoms with Crippen molar-refractivity contribution in [2.75, 3.05) is 11.4 Å². The highest BCUT2D eigenvalue weighted by molar-refractivity contribution is 8.00. The van der Waals surface area contributed by atoms with Crippen molar-refractivity contribution in [3.63, 3.8) is 0 Å². The van der Waals surface area contributed by atoms with Crippen LogP contribution in [0, 0.1) is 5.82 Å². The molecule has 0 N–H and O–H groups in total. The van der Waals surface area contributed by atoms with Gasteiger partial charge in [-0.2, -0.15) is 0 Å². The number of carbonyl (C=O) groups excluding carboxylic acids is 1. The molecular formula is C13H12ClFN4OS. The van der Waals surface area contributed by atoms with Gasteiger partial charge in [-0.05, 0) is 24.6 Å². The van der Waals surface area contributed by atoms with E-state index in [-0.39, 0.29) is 16.2 Å². The van der Waals surface area contributed by atoms with Crippen molar-refractivity contribution in [1.82, 2.24) is 14.8 Å². The maximum absolute atomic E-state index is 13.2. The molecule has 110 valence electrons. The van der Waals surface area contributed by atoms with Crippen LogP contribution in [0.4, 0.5) is 10.1 Å². The third-order valence-corrected chi connectivity index (χ3v) is 4.88. The summed E-state index contributed by atoms with van der Waals surface area (Å²) < 4.78 is 15.0. The van der Waals surface area contributed by atoms with Crippen LogP contribution in [0.2, 0.25) is 5.02 Å². The van der Waals surface area contributed by atoms with Gasteiger partial charge in [-0.25, -0.2) is 4.39 Å². The fourth-order valence-electron chi connectivity index (χ4n) is 2.18. The minimum absolute atomic E-state index is 0.0182. The molecule has 1 aromatic carbocycles. The molecule has 1 aliphatic heterocycles. The second kappa shape index (κ2) is 5.65. The predicted octanol–water partition coefficient (Wildman–Crippen LogP) is 2.51. The fraction of sp³-hybridized carbons (Fsp3) is 0.308. The summed E-state index contributed by atoms with van der Waals surface area (Å²) in [5.41, 5.74) is 0.618. The third kappa shape index (κ3) is 2.75. The van der Waals surface area contributed by atoms with Crippen LogP contribution in [0.5, 0.6) is 0 Å². The van der Waals surface area contributed by atoms with E-state index in [0.29, 0.717) is 23.8 Å². The molecule has 1 atom stereocenters. The zero-order valence-electron chi connectivity index (χ0n) is 11.2. The van der Waals surface area contributed by atoms with Crippen LogP contribution in [-0.4, -0.2) is 32.5 Å². The number of amides is 1. The van der Waals surface area contributed by atoms with E-state index in [1.54, 1.807) is 21.9 Å². The van der Waals surface area contributed by atoms with Crippen LogP contribution >= 0.6 is 23.4 Å². The Labute approximate surface area is 130 Å². The normalized spacial score (nSPS) is 18.5. The smallest absolute Gasteiger partial charge is 0.240 e. The van der Waals surface area contributed by atoms with Crippen molar-refractivity contribution in [2.45, 2.75) is 16.8 Å². The summed E-state index contributed by atoms with van der Waals surface area (Å²) in [6, 6.07) is 4.31. The zero-order chi connectivity index (χ0) is 15.0. The second-order valence-corrected chi connectivity index (χ2v) is 6.28. The van der Waals surface area contributed by atoms with E-state index in [1.807, 2.05) is 7.05 Å². The first-order chi connectivity index (χ1) is 10.1. The highest BCUT2D eigenvalue weighted by Crippen LogP contribution is 2.33. The van der Waals surface area contributed by atoms with Crippen molar-refractivity contribution in [2.24, 2.45) is 7.05 Å². The molecule has 8 heteroatoms. The summed E-state index contributed by atoms with van der Waals surface area (Å²) in [5, 5.41) is 8.28. The molecule has 0 saturated carbocycles. The van der Waals surface area contributed by atoms with Crippen molar-refractivity contribution < 1.29 is 9.18 Å². The molecule has 0 radical (unpaired) electrons. The Bertz CT molecular complexity index is 693. The van der Waals surface area contributed by atoms with E-state index in [2.05, 4.69) is 10.2 Å². The first-order valence-corrected chi connectivity index (χ1v) is 7.59. The molecule has 1 saturated heterocycles. The molecule has 3 rings (SSSR count). The fourth-order valence-corrected chi connectivity index (χ4v) is 3.37. The number of benzene rings is 1. The SMILES string of the molecule is Cn1cnnc1SC1CCN(c2ccc(F)c(Cl)c2)C1=O. The molecule has 0 spiro atoms. The minimum atomic E-state index is -0.489. The van der Waals surface area contributed by atoms with Gasteiger partial charge in [0.15, 0.2) is 5.16 Å². The van der Waals surface area contributed by atoms with Gasteiger partial charge in [0.25, 0.3) is 0 Å². The quantitative estimate of drug-likeness (QED) is 0.869. The predicted molar refractivity (Wildman–Crippen MR) is 79.0 cm³/mol. The number of halogens is 2. The first kappa shape index (κ1) is 14.3. The van der Waals surface area contributed by atoms with E-state index in [0.717, 1.165) is 0 Å². The molecule has 1 amide bonds. The second-order valence-electron chi connectivity index (χ2n) is 4.71. The number of nitrogens with zero attached hydrogens (tertiary/aromatic N) is 4. The Morgan fingerprint density at radius 1 is 1.48 bits per heavy atom. The topological polar surface area (TPSA) is 51.0 Å². The highest BCUT2D eigenvalue weighted by Gasteiger charge is 2.34. The van der Waals surface area contributed by atoms with Gasteiger partial charge in [0.1, 0.15) is 12.1 Å². The van der Waals surface area contributed by atoms with E-state index in [1.165, 1.54) is 23.9 Å². The van der Waals surface area contributed by atoms with Crippen molar-refractivity contribution in [3.05, 3.63) is 35.4 Å². The molecule has 1 fully saturated rings. The van der Waals surface area contributed by atoms with Crippen LogP contribution in [0.15, 0.2) is 29.7 Å². The van der Waals surface area contributed by atoms with Crippen LogP contribution < -0.4 is 4.90 Å². The number of aryl methyl sites for hydroxylation is 1. The van der Waals surface area contributed by atoms with Gasteiger partial charge in [-0.1, -0.05) is 23.4 Å². The lowest BCUT2D eigenvalue weighted by molar-refractivity contribution is -0.116. The van der Waals surface area contributed by atoms with Gasteiger partial charge in [-0.15, -0.1) is 10.2 Å². The highest BCUT2D eigenvalue weighted by atomic mass is 35.5. The third-order valence-electron chi connectivity index (χ3n) is 3.29. The van der Waals surface area contributed by atoms with Gasteiger partial charge >= 0.3 is 0 Å². The Morgan fingerprint density at radius 2 is 2.29 bits per heavy atom. The number of anilines is 1. The summed E-state index contributed by atoms with van der Waals surface area (Å²) >= 11 is 7.16. The van der Waals surface area contributed by atoms with Crippen LogP contribution in [0.1, 0.15) is 6.42 Å². The Balaban J connectivity index is 1.77. The zero-order valence-corrected chi connectivity index (χ0v) is 12.7. The Hall–Kier alpha value is -1.60. The number of carbonyl (C=O) groups is 1. The molecule has 1 aromatic heterocycles. The molecular weight excluding hydrogens is 315 g/mol. The average molecular weight is 327 g/mol. The van der Waals surface area contributed by atoms with Gasteiger partial charge in [-0.3, -0.25) is 4.79 Å². The average Bonchev–Trinajstić information content (AvgIpc) is 3.02. The number of hydrogen-bond acceptors (Lipinski definition) is 4. The van der Waals surface area contributed by atoms with E-state index < -0.39 is 5.82 Å². The Kier molecular flexibility index (Phi) is 3.86. The summed E-state index contributed by atoms with van der Waals surface area (Å²) in [6.45, 7) is 0.580. The molecule has 0 bridgehead atoms.